The molecule has 2 aromatic carbocycles. The van der Waals surface area contributed by atoms with Crippen molar-refractivity contribution in [2.45, 2.75) is 51.7 Å². The third-order valence-electron chi connectivity index (χ3n) is 5.90. The van der Waals surface area contributed by atoms with E-state index in [0.29, 0.717) is 5.56 Å². The third-order valence-corrected chi connectivity index (χ3v) is 5.90. The maximum Gasteiger partial charge on any atom is 0.337 e. The van der Waals surface area contributed by atoms with Crippen molar-refractivity contribution in [3.05, 3.63) is 58.1 Å². The predicted octanol–water partition coefficient (Wildman–Crippen LogP) is 4.54. The predicted molar refractivity (Wildman–Crippen MR) is 113 cm³/mol. The van der Waals surface area contributed by atoms with E-state index in [-0.39, 0.29) is 23.5 Å². The Balaban J connectivity index is 1.92. The number of aliphatic imine (C=N–C) groups is 1. The van der Waals surface area contributed by atoms with Crippen LogP contribution in [-0.2, 0) is 11.2 Å². The molecule has 2 atom stereocenters. The molecule has 152 valence electrons. The van der Waals surface area contributed by atoms with Crippen LogP contribution in [0.15, 0.2) is 35.3 Å². The van der Waals surface area contributed by atoms with Crippen molar-refractivity contribution in [3.63, 3.8) is 0 Å². The average Bonchev–Trinajstić information content (AvgIpc) is 3.00. The molecule has 2 aliphatic heterocycles. The summed E-state index contributed by atoms with van der Waals surface area (Å²) in [7, 11) is 3.08. The molecule has 0 saturated heterocycles. The molecule has 0 saturated carbocycles. The van der Waals surface area contributed by atoms with Gasteiger partial charge in [-0.2, -0.15) is 0 Å². The molecule has 0 amide bonds. The summed E-state index contributed by atoms with van der Waals surface area (Å²) < 4.78 is 16.7. The second-order valence-electron chi connectivity index (χ2n) is 8.49. The number of nitrogens with zero attached hydrogens (tertiary/aromatic N) is 1. The van der Waals surface area contributed by atoms with E-state index >= 15 is 0 Å². The first-order valence-electron chi connectivity index (χ1n) is 9.95. The van der Waals surface area contributed by atoms with E-state index in [1.165, 1.54) is 12.7 Å². The first kappa shape index (κ1) is 19.5. The van der Waals surface area contributed by atoms with Crippen molar-refractivity contribution >= 4 is 11.7 Å². The molecule has 5 heteroatoms. The highest BCUT2D eigenvalue weighted by molar-refractivity contribution is 6.16. The van der Waals surface area contributed by atoms with Crippen molar-refractivity contribution in [1.29, 1.82) is 0 Å². The van der Waals surface area contributed by atoms with Gasteiger partial charge in [-0.15, -0.1) is 0 Å². The molecule has 0 bridgehead atoms. The smallest absolute Gasteiger partial charge is 0.337 e. The summed E-state index contributed by atoms with van der Waals surface area (Å²) in [6, 6.07) is 9.56. The summed E-state index contributed by atoms with van der Waals surface area (Å²) in [5.41, 5.74) is 5.73. The van der Waals surface area contributed by atoms with Gasteiger partial charge < -0.3 is 14.2 Å². The summed E-state index contributed by atoms with van der Waals surface area (Å²) in [5.74, 6) is 1.50. The number of rotatable bonds is 3. The van der Waals surface area contributed by atoms with Gasteiger partial charge in [-0.3, -0.25) is 4.99 Å². The lowest BCUT2D eigenvalue weighted by molar-refractivity contribution is 0.0600. The first-order valence-corrected chi connectivity index (χ1v) is 9.95. The Morgan fingerprint density at radius 2 is 1.86 bits per heavy atom. The fraction of sp³-hybridized carbons (Fsp3) is 0.417. The van der Waals surface area contributed by atoms with E-state index in [0.717, 1.165) is 40.3 Å². The molecule has 0 radical (unpaired) electrons. The number of hydrogen-bond donors (Lipinski definition) is 0. The Kier molecular flexibility index (Phi) is 4.64. The van der Waals surface area contributed by atoms with Crippen LogP contribution in [0, 0.1) is 0 Å². The molecule has 0 aliphatic carbocycles. The van der Waals surface area contributed by atoms with Crippen LogP contribution in [0.25, 0.3) is 0 Å². The summed E-state index contributed by atoms with van der Waals surface area (Å²) >= 11 is 0. The molecule has 29 heavy (non-hydrogen) atoms. The van der Waals surface area contributed by atoms with Crippen LogP contribution < -0.4 is 9.47 Å². The number of carbonyl (C=O) groups excluding carboxylic acids is 1. The monoisotopic (exact) mass is 393 g/mol. The third kappa shape index (κ3) is 3.18. The maximum absolute atomic E-state index is 11.8. The van der Waals surface area contributed by atoms with Crippen LogP contribution in [-0.4, -0.2) is 37.5 Å². The van der Waals surface area contributed by atoms with Gasteiger partial charge in [0.15, 0.2) is 11.5 Å². The minimum absolute atomic E-state index is 0.0725. The van der Waals surface area contributed by atoms with Gasteiger partial charge in [0, 0.05) is 22.6 Å². The summed E-state index contributed by atoms with van der Waals surface area (Å²) in [5, 5.41) is 0. The molecule has 0 N–H and O–H groups in total. The van der Waals surface area contributed by atoms with E-state index < -0.39 is 0 Å². The average molecular weight is 393 g/mol. The molecule has 0 fully saturated rings. The van der Waals surface area contributed by atoms with Gasteiger partial charge in [0.1, 0.15) is 6.10 Å². The molecule has 4 rings (SSSR count). The molecule has 2 heterocycles. The number of carbonyl (C=O) groups is 1. The largest absolute Gasteiger partial charge is 0.493 e. The second kappa shape index (κ2) is 6.90. The van der Waals surface area contributed by atoms with E-state index in [2.05, 4.69) is 33.8 Å². The standard InChI is InChI=1S/C24H27NO4/c1-13-14(2)29-22-18(27-5)11-17-12-24(3,4)25-21(20(17)19(13)22)15-7-9-16(10-8-15)23(26)28-6/h7-11,13-14H,12H2,1-6H3. The number of esters is 1. The highest BCUT2D eigenvalue weighted by Crippen LogP contribution is 2.49. The fourth-order valence-electron chi connectivity index (χ4n) is 4.32. The second-order valence-corrected chi connectivity index (χ2v) is 8.49. The molecular weight excluding hydrogens is 366 g/mol. The fourth-order valence-corrected chi connectivity index (χ4v) is 4.32. The van der Waals surface area contributed by atoms with Crippen molar-refractivity contribution in [2.24, 2.45) is 4.99 Å². The van der Waals surface area contributed by atoms with Crippen molar-refractivity contribution in [1.82, 2.24) is 0 Å². The summed E-state index contributed by atoms with van der Waals surface area (Å²) in [4.78, 5) is 16.9. The lowest BCUT2D eigenvalue weighted by Crippen LogP contribution is -2.30. The lowest BCUT2D eigenvalue weighted by Gasteiger charge is -2.31. The molecule has 2 unspecified atom stereocenters. The highest BCUT2D eigenvalue weighted by atomic mass is 16.5. The molecular formula is C24H27NO4. The Hall–Kier alpha value is -2.82. The van der Waals surface area contributed by atoms with Crippen molar-refractivity contribution in [3.8, 4) is 11.5 Å². The van der Waals surface area contributed by atoms with Crippen LogP contribution in [0.5, 0.6) is 11.5 Å². The normalized spacial score (nSPS) is 21.5. The molecule has 0 aromatic heterocycles. The lowest BCUT2D eigenvalue weighted by atomic mass is 9.79. The van der Waals surface area contributed by atoms with Crippen LogP contribution in [0.2, 0.25) is 0 Å². The van der Waals surface area contributed by atoms with Gasteiger partial charge in [-0.1, -0.05) is 19.1 Å². The number of hydrogen-bond acceptors (Lipinski definition) is 5. The van der Waals surface area contributed by atoms with Crippen LogP contribution in [0.1, 0.15) is 66.2 Å². The summed E-state index contributed by atoms with van der Waals surface area (Å²) in [6.45, 7) is 8.56. The number of ether oxygens (including phenoxy) is 3. The SMILES string of the molecule is COC(=O)c1ccc(C2=NC(C)(C)Cc3cc(OC)c4c(c32)C(C)C(C)O4)cc1. The van der Waals surface area contributed by atoms with Crippen molar-refractivity contribution in [2.75, 3.05) is 14.2 Å². The minimum atomic E-state index is -0.343. The van der Waals surface area contributed by atoms with E-state index in [4.69, 9.17) is 19.2 Å². The van der Waals surface area contributed by atoms with Gasteiger partial charge in [0.2, 0.25) is 0 Å². The maximum atomic E-state index is 11.8. The van der Waals surface area contributed by atoms with Gasteiger partial charge in [-0.05, 0) is 51.0 Å². The number of fused-ring (bicyclic) bond motifs is 3. The van der Waals surface area contributed by atoms with Gasteiger partial charge in [-0.25, -0.2) is 4.79 Å². The van der Waals surface area contributed by atoms with Crippen molar-refractivity contribution < 1.29 is 19.0 Å². The first-order chi connectivity index (χ1) is 13.8. The van der Waals surface area contributed by atoms with Gasteiger partial charge >= 0.3 is 5.97 Å². The quantitative estimate of drug-likeness (QED) is 0.719. The molecule has 0 spiro atoms. The molecule has 2 aromatic rings. The van der Waals surface area contributed by atoms with Gasteiger partial charge in [0.05, 0.1) is 31.0 Å². The molecule has 5 nitrogen and oxygen atoms in total. The van der Waals surface area contributed by atoms with Gasteiger partial charge in [0.25, 0.3) is 0 Å². The van der Waals surface area contributed by atoms with E-state index in [1.54, 1.807) is 19.2 Å². The van der Waals surface area contributed by atoms with Crippen LogP contribution in [0.4, 0.5) is 0 Å². The highest BCUT2D eigenvalue weighted by Gasteiger charge is 2.39. The van der Waals surface area contributed by atoms with E-state index in [9.17, 15) is 4.79 Å². The minimum Gasteiger partial charge on any atom is -0.493 e. The zero-order chi connectivity index (χ0) is 20.9. The van der Waals surface area contributed by atoms with Crippen LogP contribution in [0.3, 0.4) is 0 Å². The molecule has 2 aliphatic rings. The Morgan fingerprint density at radius 3 is 2.48 bits per heavy atom. The Morgan fingerprint density at radius 1 is 1.17 bits per heavy atom. The summed E-state index contributed by atoms with van der Waals surface area (Å²) in [6.07, 6.45) is 0.903. The van der Waals surface area contributed by atoms with E-state index in [1.807, 2.05) is 12.1 Å². The van der Waals surface area contributed by atoms with Crippen LogP contribution >= 0.6 is 0 Å². The zero-order valence-electron chi connectivity index (χ0n) is 17.8. The Bertz CT molecular complexity index is 1000. The number of benzene rings is 2. The Labute approximate surface area is 171 Å². The zero-order valence-corrected chi connectivity index (χ0v) is 17.8. The topological polar surface area (TPSA) is 57.1 Å². The number of methoxy groups -OCH3 is 2.